The Morgan fingerprint density at radius 2 is 2.00 bits per heavy atom. The summed E-state index contributed by atoms with van der Waals surface area (Å²) in [6.45, 7) is -0.195. The first-order chi connectivity index (χ1) is 9.13. The molecule has 2 rings (SSSR count). The average molecular weight is 281 g/mol. The van der Waals surface area contributed by atoms with Crippen molar-refractivity contribution in [3.63, 3.8) is 0 Å². The van der Waals surface area contributed by atoms with Crippen LogP contribution in [0.5, 0.6) is 5.75 Å². The highest BCUT2D eigenvalue weighted by Crippen LogP contribution is 2.15. The number of hydrogen-bond acceptors (Lipinski definition) is 3. The third kappa shape index (κ3) is 4.22. The molecule has 0 atom stereocenters. The topological polar surface area (TPSA) is 51.2 Å². The van der Waals surface area contributed by atoms with E-state index < -0.39 is 11.9 Å². The fraction of sp³-hybridized carbons (Fsp3) is 0.0769. The van der Waals surface area contributed by atoms with Gasteiger partial charge < -0.3 is 10.1 Å². The second-order valence-corrected chi connectivity index (χ2v) is 4.07. The maximum absolute atomic E-state index is 12.8. The molecule has 1 aromatic heterocycles. The Bertz CT molecular complexity index is 575. The quantitative estimate of drug-likeness (QED) is 0.876. The van der Waals surface area contributed by atoms with Crippen LogP contribution in [-0.4, -0.2) is 17.5 Å². The molecule has 1 heterocycles. The van der Waals surface area contributed by atoms with Crippen molar-refractivity contribution in [2.24, 2.45) is 0 Å². The largest absolute Gasteiger partial charge is 0.484 e. The van der Waals surface area contributed by atoms with E-state index in [2.05, 4.69) is 10.3 Å². The number of halogens is 2. The van der Waals surface area contributed by atoms with E-state index in [1.807, 2.05) is 0 Å². The van der Waals surface area contributed by atoms with Gasteiger partial charge in [0.05, 0.1) is 0 Å². The van der Waals surface area contributed by atoms with Gasteiger partial charge in [0, 0.05) is 5.02 Å². The first kappa shape index (κ1) is 13.3. The molecule has 1 N–H and O–H groups in total. The van der Waals surface area contributed by atoms with Crippen LogP contribution in [0.4, 0.5) is 10.2 Å². The van der Waals surface area contributed by atoms with Crippen LogP contribution in [0.3, 0.4) is 0 Å². The third-order valence-corrected chi connectivity index (χ3v) is 2.42. The fourth-order valence-corrected chi connectivity index (χ4v) is 1.46. The van der Waals surface area contributed by atoms with E-state index in [0.717, 1.165) is 0 Å². The molecular formula is C13H10ClFN2O2. The second kappa shape index (κ2) is 6.15. The molecule has 98 valence electrons. The molecule has 0 aliphatic carbocycles. The standard InChI is InChI=1S/C13H10ClFN2O2/c14-9-4-6-10(7-5-9)19-8-13(18)17-12-3-1-2-11(15)16-12/h1-7H,8H2,(H,16,17,18). The SMILES string of the molecule is O=C(COc1ccc(Cl)cc1)Nc1cccc(F)n1. The lowest BCUT2D eigenvalue weighted by atomic mass is 10.3. The van der Waals surface area contributed by atoms with E-state index in [1.165, 1.54) is 18.2 Å². The molecule has 1 aromatic carbocycles. The van der Waals surface area contributed by atoms with Crippen LogP contribution in [0.1, 0.15) is 0 Å². The van der Waals surface area contributed by atoms with Gasteiger partial charge in [-0.05, 0) is 36.4 Å². The average Bonchev–Trinajstić information content (AvgIpc) is 2.38. The molecule has 0 bridgehead atoms. The summed E-state index contributed by atoms with van der Waals surface area (Å²) in [7, 11) is 0. The minimum atomic E-state index is -0.656. The summed E-state index contributed by atoms with van der Waals surface area (Å²) in [5.41, 5.74) is 0. The highest BCUT2D eigenvalue weighted by Gasteiger charge is 2.05. The molecule has 0 spiro atoms. The molecular weight excluding hydrogens is 271 g/mol. The summed E-state index contributed by atoms with van der Waals surface area (Å²) in [4.78, 5) is 15.0. The molecule has 0 aliphatic rings. The summed E-state index contributed by atoms with van der Waals surface area (Å²) in [6, 6.07) is 10.7. The number of benzene rings is 1. The van der Waals surface area contributed by atoms with Gasteiger partial charge >= 0.3 is 0 Å². The minimum absolute atomic E-state index is 0.143. The van der Waals surface area contributed by atoms with Gasteiger partial charge in [-0.3, -0.25) is 4.79 Å². The van der Waals surface area contributed by atoms with Gasteiger partial charge in [-0.1, -0.05) is 17.7 Å². The van der Waals surface area contributed by atoms with Crippen molar-refractivity contribution in [2.75, 3.05) is 11.9 Å². The third-order valence-electron chi connectivity index (χ3n) is 2.17. The highest BCUT2D eigenvalue weighted by atomic mass is 35.5. The Morgan fingerprint density at radius 1 is 1.26 bits per heavy atom. The minimum Gasteiger partial charge on any atom is -0.484 e. The Labute approximate surface area is 114 Å². The highest BCUT2D eigenvalue weighted by molar-refractivity contribution is 6.30. The van der Waals surface area contributed by atoms with E-state index in [0.29, 0.717) is 10.8 Å². The van der Waals surface area contributed by atoms with Gasteiger partial charge in [0.2, 0.25) is 5.95 Å². The normalized spacial score (nSPS) is 10.0. The molecule has 0 saturated heterocycles. The summed E-state index contributed by atoms with van der Waals surface area (Å²) in [6.07, 6.45) is 0. The van der Waals surface area contributed by atoms with Gasteiger partial charge in [-0.25, -0.2) is 4.98 Å². The van der Waals surface area contributed by atoms with Crippen LogP contribution >= 0.6 is 11.6 Å². The predicted molar refractivity (Wildman–Crippen MR) is 69.8 cm³/mol. The number of ether oxygens (including phenoxy) is 1. The van der Waals surface area contributed by atoms with Crippen LogP contribution in [0.15, 0.2) is 42.5 Å². The van der Waals surface area contributed by atoms with E-state index in [4.69, 9.17) is 16.3 Å². The van der Waals surface area contributed by atoms with Crippen LogP contribution in [-0.2, 0) is 4.79 Å². The number of rotatable bonds is 4. The second-order valence-electron chi connectivity index (χ2n) is 3.64. The molecule has 0 unspecified atom stereocenters. The zero-order chi connectivity index (χ0) is 13.7. The van der Waals surface area contributed by atoms with Crippen molar-refractivity contribution in [1.82, 2.24) is 4.98 Å². The molecule has 6 heteroatoms. The lowest BCUT2D eigenvalue weighted by Gasteiger charge is -2.06. The van der Waals surface area contributed by atoms with Crippen molar-refractivity contribution >= 4 is 23.3 Å². The van der Waals surface area contributed by atoms with Crippen LogP contribution in [0, 0.1) is 5.95 Å². The number of carbonyl (C=O) groups excluding carboxylic acids is 1. The summed E-state index contributed by atoms with van der Waals surface area (Å²) in [5, 5.41) is 3.01. The van der Waals surface area contributed by atoms with Gasteiger partial charge in [0.25, 0.3) is 5.91 Å². The molecule has 1 amide bonds. The van der Waals surface area contributed by atoms with E-state index in [-0.39, 0.29) is 12.4 Å². The zero-order valence-electron chi connectivity index (χ0n) is 9.77. The van der Waals surface area contributed by atoms with E-state index >= 15 is 0 Å². The molecule has 0 aliphatic heterocycles. The van der Waals surface area contributed by atoms with Gasteiger partial charge in [-0.15, -0.1) is 0 Å². The summed E-state index contributed by atoms with van der Waals surface area (Å²) >= 11 is 5.72. The zero-order valence-corrected chi connectivity index (χ0v) is 10.5. The van der Waals surface area contributed by atoms with Crippen LogP contribution < -0.4 is 10.1 Å². The lowest BCUT2D eigenvalue weighted by Crippen LogP contribution is -2.20. The maximum Gasteiger partial charge on any atom is 0.263 e. The molecule has 0 radical (unpaired) electrons. The fourth-order valence-electron chi connectivity index (χ4n) is 1.34. The number of pyridine rings is 1. The lowest BCUT2D eigenvalue weighted by molar-refractivity contribution is -0.118. The summed E-state index contributed by atoms with van der Waals surface area (Å²) in [5.74, 6) is -0.416. The van der Waals surface area contributed by atoms with Crippen LogP contribution in [0.25, 0.3) is 0 Å². The van der Waals surface area contributed by atoms with Crippen LogP contribution in [0.2, 0.25) is 5.02 Å². The Morgan fingerprint density at radius 3 is 2.68 bits per heavy atom. The van der Waals surface area contributed by atoms with Crippen molar-refractivity contribution < 1.29 is 13.9 Å². The first-order valence-electron chi connectivity index (χ1n) is 5.44. The number of nitrogens with zero attached hydrogens (tertiary/aromatic N) is 1. The number of anilines is 1. The van der Waals surface area contributed by atoms with Crippen molar-refractivity contribution in [3.05, 3.63) is 53.4 Å². The maximum atomic E-state index is 12.8. The molecule has 19 heavy (non-hydrogen) atoms. The van der Waals surface area contributed by atoms with Crippen molar-refractivity contribution in [3.8, 4) is 5.75 Å². The van der Waals surface area contributed by atoms with E-state index in [1.54, 1.807) is 24.3 Å². The molecule has 0 saturated carbocycles. The number of carbonyl (C=O) groups is 1. The van der Waals surface area contributed by atoms with E-state index in [9.17, 15) is 9.18 Å². The Balaban J connectivity index is 1.86. The number of amides is 1. The molecule has 0 fully saturated rings. The summed E-state index contributed by atoms with van der Waals surface area (Å²) < 4.78 is 18.0. The monoisotopic (exact) mass is 280 g/mol. The Hall–Kier alpha value is -2.14. The first-order valence-corrected chi connectivity index (χ1v) is 5.82. The number of nitrogens with one attached hydrogen (secondary N) is 1. The van der Waals surface area contributed by atoms with Crippen molar-refractivity contribution in [1.29, 1.82) is 0 Å². The molecule has 4 nitrogen and oxygen atoms in total. The Kier molecular flexibility index (Phi) is 4.30. The van der Waals surface area contributed by atoms with Gasteiger partial charge in [0.15, 0.2) is 6.61 Å². The van der Waals surface area contributed by atoms with Gasteiger partial charge in [0.1, 0.15) is 11.6 Å². The smallest absolute Gasteiger partial charge is 0.263 e. The molecule has 2 aromatic rings. The number of aromatic nitrogens is 1. The van der Waals surface area contributed by atoms with Gasteiger partial charge in [-0.2, -0.15) is 4.39 Å². The van der Waals surface area contributed by atoms with Crippen molar-refractivity contribution in [2.45, 2.75) is 0 Å². The number of hydrogen-bond donors (Lipinski definition) is 1. The predicted octanol–water partition coefficient (Wildman–Crippen LogP) is 2.89.